The number of pyridine rings is 1. The van der Waals surface area contributed by atoms with Crippen LogP contribution in [0, 0.1) is 17.3 Å². The van der Waals surface area contributed by atoms with Crippen LogP contribution in [0.4, 0.5) is 5.69 Å². The maximum Gasteiger partial charge on any atom is 0.244 e. The number of aromatic nitrogens is 5. The Morgan fingerprint density at radius 2 is 2.12 bits per heavy atom. The molecule has 0 bridgehead atoms. The highest BCUT2D eigenvalue weighted by atomic mass is 16.5. The first-order chi connectivity index (χ1) is 16.3. The summed E-state index contributed by atoms with van der Waals surface area (Å²) >= 11 is 0. The number of likely N-dealkylation sites (N-methyl/N-ethyl adjacent to an activating group) is 1. The Bertz CT molecular complexity index is 1240. The van der Waals surface area contributed by atoms with Crippen LogP contribution in [0.25, 0.3) is 22.7 Å². The summed E-state index contributed by atoms with van der Waals surface area (Å²) in [4.78, 5) is 30.2. The van der Waals surface area contributed by atoms with Gasteiger partial charge < -0.3 is 14.6 Å². The van der Waals surface area contributed by atoms with Crippen LogP contribution in [-0.2, 0) is 22.4 Å². The van der Waals surface area contributed by atoms with Crippen molar-refractivity contribution in [3.8, 4) is 11.5 Å². The van der Waals surface area contributed by atoms with E-state index in [2.05, 4.69) is 45.8 Å². The van der Waals surface area contributed by atoms with Crippen LogP contribution in [0.2, 0.25) is 0 Å². The molecule has 2 aliphatic carbocycles. The van der Waals surface area contributed by atoms with Crippen LogP contribution in [-0.4, -0.2) is 75.3 Å². The van der Waals surface area contributed by atoms with E-state index in [1.54, 1.807) is 11.1 Å². The van der Waals surface area contributed by atoms with Crippen molar-refractivity contribution in [2.24, 2.45) is 17.3 Å². The molecule has 9 nitrogen and oxygen atoms in total. The monoisotopic (exact) mass is 463 g/mol. The van der Waals surface area contributed by atoms with Crippen molar-refractivity contribution in [3.63, 3.8) is 0 Å². The number of carbonyl (C=O) groups is 1. The molecule has 0 spiro atoms. The minimum absolute atomic E-state index is 0.0719. The summed E-state index contributed by atoms with van der Waals surface area (Å²) in [6.07, 6.45) is 5.16. The van der Waals surface area contributed by atoms with Crippen LogP contribution >= 0.6 is 0 Å². The molecular formula is C25H33N7O2. The summed E-state index contributed by atoms with van der Waals surface area (Å²) in [6, 6.07) is 1.75. The molecule has 3 aromatic rings. The largest absolute Gasteiger partial charge is 0.379 e. The average molecular weight is 464 g/mol. The number of H-pyrrole nitrogens is 2. The number of ether oxygens (including phenoxy) is 1. The predicted molar refractivity (Wildman–Crippen MR) is 130 cm³/mol. The fraction of sp³-hybridized carbons (Fsp3) is 0.600. The van der Waals surface area contributed by atoms with E-state index in [0.717, 1.165) is 54.6 Å². The summed E-state index contributed by atoms with van der Waals surface area (Å²) in [5.74, 6) is 1.76. The van der Waals surface area contributed by atoms with Gasteiger partial charge in [-0.1, -0.05) is 20.8 Å². The number of nitrogens with zero attached hydrogens (tertiary/aromatic N) is 5. The van der Waals surface area contributed by atoms with Gasteiger partial charge in [-0.05, 0) is 42.6 Å². The van der Waals surface area contributed by atoms with Crippen LogP contribution in [0.1, 0.15) is 38.4 Å². The van der Waals surface area contributed by atoms with Gasteiger partial charge >= 0.3 is 0 Å². The van der Waals surface area contributed by atoms with Gasteiger partial charge in [-0.3, -0.25) is 14.8 Å². The molecule has 2 fully saturated rings. The minimum atomic E-state index is -0.192. The van der Waals surface area contributed by atoms with Gasteiger partial charge in [0.25, 0.3) is 0 Å². The number of anilines is 1. The number of aromatic amines is 2. The van der Waals surface area contributed by atoms with E-state index in [0.29, 0.717) is 24.3 Å². The van der Waals surface area contributed by atoms with Crippen molar-refractivity contribution in [1.29, 1.82) is 0 Å². The molecule has 1 aliphatic heterocycles. The first kappa shape index (κ1) is 21.7. The third-order valence-electron chi connectivity index (χ3n) is 8.11. The zero-order valence-corrected chi connectivity index (χ0v) is 20.4. The van der Waals surface area contributed by atoms with Crippen molar-refractivity contribution in [2.75, 3.05) is 38.3 Å². The molecule has 0 unspecified atom stereocenters. The molecule has 4 heterocycles. The molecule has 1 amide bonds. The van der Waals surface area contributed by atoms with E-state index in [9.17, 15) is 4.79 Å². The Morgan fingerprint density at radius 1 is 1.32 bits per heavy atom. The lowest BCUT2D eigenvalue weighted by atomic mass is 9.88. The molecule has 3 aromatic heterocycles. The molecule has 1 saturated carbocycles. The lowest BCUT2D eigenvalue weighted by Crippen LogP contribution is -2.54. The molecule has 180 valence electrons. The van der Waals surface area contributed by atoms with Crippen molar-refractivity contribution in [1.82, 2.24) is 30.0 Å². The number of hydrogen-bond donors (Lipinski definition) is 2. The number of rotatable bonds is 5. The number of nitrogens with one attached hydrogen (secondary N) is 2. The van der Waals surface area contributed by atoms with Crippen LogP contribution < -0.4 is 4.90 Å². The van der Waals surface area contributed by atoms with Crippen molar-refractivity contribution in [2.45, 2.75) is 46.1 Å². The van der Waals surface area contributed by atoms with E-state index < -0.39 is 0 Å². The van der Waals surface area contributed by atoms with E-state index in [4.69, 9.17) is 9.72 Å². The van der Waals surface area contributed by atoms with Crippen LogP contribution in [0.15, 0.2) is 12.3 Å². The Morgan fingerprint density at radius 3 is 2.88 bits per heavy atom. The predicted octanol–water partition coefficient (Wildman–Crippen LogP) is 2.79. The lowest BCUT2D eigenvalue weighted by molar-refractivity contribution is -0.127. The Hall–Kier alpha value is -2.78. The fourth-order valence-electron chi connectivity index (χ4n) is 5.88. The van der Waals surface area contributed by atoms with Crippen molar-refractivity contribution in [3.05, 3.63) is 23.5 Å². The van der Waals surface area contributed by atoms with Gasteiger partial charge in [0.1, 0.15) is 11.2 Å². The number of fused-ring (bicyclic) bond motifs is 3. The summed E-state index contributed by atoms with van der Waals surface area (Å²) in [5.41, 5.74) is 6.08. The molecule has 3 atom stereocenters. The average Bonchev–Trinajstić information content (AvgIpc) is 3.12. The zero-order chi connectivity index (χ0) is 23.6. The van der Waals surface area contributed by atoms with Gasteiger partial charge in [0.15, 0.2) is 11.5 Å². The lowest BCUT2D eigenvalue weighted by Gasteiger charge is -2.37. The Labute approximate surface area is 199 Å². The first-order valence-corrected chi connectivity index (χ1v) is 12.4. The third kappa shape index (κ3) is 3.53. The highest BCUT2D eigenvalue weighted by Gasteiger charge is 2.53. The number of carbonyl (C=O) groups excluding carboxylic acids is 1. The second-order valence-corrected chi connectivity index (χ2v) is 10.8. The molecule has 34 heavy (non-hydrogen) atoms. The van der Waals surface area contributed by atoms with Gasteiger partial charge in [-0.25, -0.2) is 9.97 Å². The maximum absolute atomic E-state index is 13.5. The van der Waals surface area contributed by atoms with Gasteiger partial charge in [-0.15, -0.1) is 0 Å². The van der Waals surface area contributed by atoms with Gasteiger partial charge in [0.2, 0.25) is 5.91 Å². The standard InChI is InChI=1S/C25H33N7O2/c1-14(2)21(32-5-7-34-8-6-32)24(33)31(4)16-10-18-22(26-13-16)28-23(27-18)20-17-9-15-11-25(15,3)12-19(17)29-30-20/h10,13-15,21H,5-9,11-12H2,1-4H3,(H,29,30)(H,26,27,28)/t15-,21+,25-/m1/s1. The Kier molecular flexibility index (Phi) is 5.04. The summed E-state index contributed by atoms with van der Waals surface area (Å²) < 4.78 is 5.49. The van der Waals surface area contributed by atoms with Crippen molar-refractivity contribution >= 4 is 22.8 Å². The first-order valence-electron chi connectivity index (χ1n) is 12.4. The van der Waals surface area contributed by atoms with Gasteiger partial charge in [0, 0.05) is 31.4 Å². The topological polar surface area (TPSA) is 103 Å². The fourth-order valence-corrected chi connectivity index (χ4v) is 5.88. The normalized spacial score (nSPS) is 25.3. The second kappa shape index (κ2) is 7.88. The molecule has 9 heteroatoms. The van der Waals surface area contributed by atoms with Crippen LogP contribution in [0.3, 0.4) is 0 Å². The highest BCUT2D eigenvalue weighted by Crippen LogP contribution is 2.59. The molecule has 1 saturated heterocycles. The Balaban J connectivity index is 1.27. The van der Waals surface area contributed by atoms with Gasteiger partial charge in [-0.2, -0.15) is 5.10 Å². The summed E-state index contributed by atoms with van der Waals surface area (Å²) in [7, 11) is 1.82. The number of imidazole rings is 1. The molecular weight excluding hydrogens is 430 g/mol. The molecule has 6 rings (SSSR count). The highest BCUT2D eigenvalue weighted by molar-refractivity contribution is 5.98. The van der Waals surface area contributed by atoms with Gasteiger partial charge in [0.05, 0.1) is 31.1 Å². The number of morpholine rings is 1. The number of hydrogen-bond acceptors (Lipinski definition) is 6. The molecule has 2 N–H and O–H groups in total. The minimum Gasteiger partial charge on any atom is -0.379 e. The molecule has 0 aromatic carbocycles. The van der Waals surface area contributed by atoms with Crippen LogP contribution in [0.5, 0.6) is 0 Å². The quantitative estimate of drug-likeness (QED) is 0.603. The van der Waals surface area contributed by atoms with E-state index in [1.165, 1.54) is 17.7 Å². The smallest absolute Gasteiger partial charge is 0.244 e. The zero-order valence-electron chi connectivity index (χ0n) is 20.4. The third-order valence-corrected chi connectivity index (χ3v) is 8.11. The maximum atomic E-state index is 13.5. The SMILES string of the molecule is CC(C)[C@@H](C(=O)N(C)c1cnc2[nH]c(-c3n[nH]c4c3C[C@@H]3C[C@]3(C)C4)nc2c1)N1CCOCC1. The van der Waals surface area contributed by atoms with E-state index in [-0.39, 0.29) is 17.9 Å². The second-order valence-electron chi connectivity index (χ2n) is 10.8. The van der Waals surface area contributed by atoms with E-state index in [1.807, 2.05) is 13.1 Å². The number of amides is 1. The molecule has 3 aliphatic rings. The summed E-state index contributed by atoms with van der Waals surface area (Å²) in [5, 5.41) is 7.86. The van der Waals surface area contributed by atoms with Crippen molar-refractivity contribution < 1.29 is 9.53 Å². The summed E-state index contributed by atoms with van der Waals surface area (Å²) in [6.45, 7) is 9.45. The van der Waals surface area contributed by atoms with E-state index >= 15 is 0 Å². The molecule has 0 radical (unpaired) electrons.